The Hall–Kier alpha value is -0.730. The maximum absolute atomic E-state index is 6.15. The van der Waals surface area contributed by atoms with E-state index < -0.39 is 0 Å². The number of nitrogens with two attached hydrogens (primary N) is 1. The summed E-state index contributed by atoms with van der Waals surface area (Å²) in [5.74, 6) is 0.833. The van der Waals surface area contributed by atoms with Gasteiger partial charge in [0, 0.05) is 11.1 Å². The van der Waals surface area contributed by atoms with Gasteiger partial charge in [-0.2, -0.15) is 0 Å². The number of hydrogen-bond acceptors (Lipinski definition) is 2. The Morgan fingerprint density at radius 1 is 1.22 bits per heavy atom. The topological polar surface area (TPSA) is 35.2 Å². The van der Waals surface area contributed by atoms with E-state index >= 15 is 0 Å². The van der Waals surface area contributed by atoms with Gasteiger partial charge in [0.15, 0.2) is 0 Å². The monoisotopic (exact) mass is 269 g/mol. The molecule has 0 aliphatic carbocycles. The van der Waals surface area contributed by atoms with Gasteiger partial charge in [-0.1, -0.05) is 50.3 Å². The van der Waals surface area contributed by atoms with Crippen LogP contribution in [0.5, 0.6) is 5.75 Å². The summed E-state index contributed by atoms with van der Waals surface area (Å²) < 4.78 is 5.68. The smallest absolute Gasteiger partial charge is 0.120 e. The predicted molar refractivity (Wildman–Crippen MR) is 78.3 cm³/mol. The van der Waals surface area contributed by atoms with Crippen molar-refractivity contribution in [2.24, 2.45) is 5.73 Å². The van der Waals surface area contributed by atoms with Crippen LogP contribution in [0.4, 0.5) is 0 Å². The first-order valence-corrected chi connectivity index (χ1v) is 7.20. The lowest BCUT2D eigenvalue weighted by Crippen LogP contribution is -2.06. The van der Waals surface area contributed by atoms with Crippen molar-refractivity contribution in [1.82, 2.24) is 0 Å². The second-order valence-electron chi connectivity index (χ2n) is 4.73. The Labute approximate surface area is 115 Å². The second kappa shape index (κ2) is 8.39. The molecule has 3 heteroatoms. The summed E-state index contributed by atoms with van der Waals surface area (Å²) in [6.07, 6.45) is 6.22. The number of unbranched alkanes of at least 4 members (excludes halogenated alkanes) is 4. The van der Waals surface area contributed by atoms with E-state index in [1.165, 1.54) is 25.7 Å². The van der Waals surface area contributed by atoms with Crippen molar-refractivity contribution in [3.05, 3.63) is 28.8 Å². The summed E-state index contributed by atoms with van der Waals surface area (Å²) in [4.78, 5) is 0. The van der Waals surface area contributed by atoms with Crippen LogP contribution in [-0.4, -0.2) is 6.61 Å². The van der Waals surface area contributed by atoms with Gasteiger partial charge in [0.2, 0.25) is 0 Å². The summed E-state index contributed by atoms with van der Waals surface area (Å²) in [5.41, 5.74) is 6.77. The van der Waals surface area contributed by atoms with E-state index in [1.54, 1.807) is 0 Å². The lowest BCUT2D eigenvalue weighted by Gasteiger charge is -2.11. The SMILES string of the molecule is CCCCCCCOc1ccc(C(C)N)c(Cl)c1. The normalized spacial score (nSPS) is 12.4. The standard InChI is InChI=1S/C15H24ClNO/c1-3-4-5-6-7-10-18-13-8-9-14(12(2)17)15(16)11-13/h8-9,11-12H,3-7,10,17H2,1-2H3. The molecule has 0 spiro atoms. The predicted octanol–water partition coefficient (Wildman–Crippen LogP) is 4.71. The van der Waals surface area contributed by atoms with Crippen LogP contribution in [0.1, 0.15) is 57.6 Å². The lowest BCUT2D eigenvalue weighted by molar-refractivity contribution is 0.304. The highest BCUT2D eigenvalue weighted by molar-refractivity contribution is 6.31. The summed E-state index contributed by atoms with van der Waals surface area (Å²) in [6, 6.07) is 5.70. The van der Waals surface area contributed by atoms with Gasteiger partial charge in [0.05, 0.1) is 6.61 Å². The van der Waals surface area contributed by atoms with E-state index in [0.29, 0.717) is 5.02 Å². The molecule has 0 radical (unpaired) electrons. The zero-order valence-electron chi connectivity index (χ0n) is 11.4. The number of rotatable bonds is 8. The van der Waals surface area contributed by atoms with Crippen molar-refractivity contribution in [2.45, 2.75) is 52.0 Å². The average Bonchev–Trinajstić information content (AvgIpc) is 2.33. The minimum Gasteiger partial charge on any atom is -0.494 e. The van der Waals surface area contributed by atoms with Gasteiger partial charge in [-0.3, -0.25) is 0 Å². The zero-order valence-corrected chi connectivity index (χ0v) is 12.2. The lowest BCUT2D eigenvalue weighted by atomic mass is 10.1. The fourth-order valence-electron chi connectivity index (χ4n) is 1.86. The Balaban J connectivity index is 2.33. The van der Waals surface area contributed by atoms with E-state index in [9.17, 15) is 0 Å². The molecule has 18 heavy (non-hydrogen) atoms. The van der Waals surface area contributed by atoms with Crippen LogP contribution in [0.2, 0.25) is 5.02 Å². The Morgan fingerprint density at radius 2 is 1.94 bits per heavy atom. The van der Waals surface area contributed by atoms with Crippen LogP contribution in [0.25, 0.3) is 0 Å². The molecule has 0 amide bonds. The van der Waals surface area contributed by atoms with Crippen molar-refractivity contribution in [2.75, 3.05) is 6.61 Å². The molecular formula is C15H24ClNO. The van der Waals surface area contributed by atoms with Crippen LogP contribution in [-0.2, 0) is 0 Å². The van der Waals surface area contributed by atoms with Gasteiger partial charge in [-0.05, 0) is 31.0 Å². The van der Waals surface area contributed by atoms with Crippen LogP contribution in [0, 0.1) is 0 Å². The Morgan fingerprint density at radius 3 is 2.56 bits per heavy atom. The Bertz CT molecular complexity index is 352. The highest BCUT2D eigenvalue weighted by Crippen LogP contribution is 2.26. The minimum absolute atomic E-state index is 0.0411. The van der Waals surface area contributed by atoms with Gasteiger partial charge >= 0.3 is 0 Å². The maximum atomic E-state index is 6.15. The Kier molecular flexibility index (Phi) is 7.14. The summed E-state index contributed by atoms with van der Waals surface area (Å²) in [7, 11) is 0. The van der Waals surface area contributed by atoms with E-state index in [0.717, 1.165) is 24.3 Å². The molecule has 1 aromatic rings. The summed E-state index contributed by atoms with van der Waals surface area (Å²) >= 11 is 6.15. The molecule has 102 valence electrons. The quantitative estimate of drug-likeness (QED) is 0.694. The molecular weight excluding hydrogens is 246 g/mol. The number of ether oxygens (including phenoxy) is 1. The molecule has 0 heterocycles. The van der Waals surface area contributed by atoms with Gasteiger partial charge in [0.25, 0.3) is 0 Å². The van der Waals surface area contributed by atoms with E-state index in [-0.39, 0.29) is 6.04 Å². The van der Waals surface area contributed by atoms with Crippen molar-refractivity contribution in [3.63, 3.8) is 0 Å². The maximum Gasteiger partial charge on any atom is 0.120 e. The summed E-state index contributed by atoms with van der Waals surface area (Å²) in [6.45, 7) is 4.91. The molecule has 0 aromatic heterocycles. The first kappa shape index (κ1) is 15.3. The highest BCUT2D eigenvalue weighted by Gasteiger charge is 2.06. The first-order valence-electron chi connectivity index (χ1n) is 6.83. The van der Waals surface area contributed by atoms with E-state index in [4.69, 9.17) is 22.1 Å². The molecule has 2 nitrogen and oxygen atoms in total. The number of halogens is 1. The summed E-state index contributed by atoms with van der Waals surface area (Å²) in [5, 5.41) is 0.688. The van der Waals surface area contributed by atoms with Gasteiger partial charge < -0.3 is 10.5 Å². The molecule has 0 saturated heterocycles. The van der Waals surface area contributed by atoms with Gasteiger partial charge in [0.1, 0.15) is 5.75 Å². The molecule has 0 aliphatic heterocycles. The first-order chi connectivity index (χ1) is 8.65. The zero-order chi connectivity index (χ0) is 13.4. The van der Waals surface area contributed by atoms with Crippen LogP contribution >= 0.6 is 11.6 Å². The van der Waals surface area contributed by atoms with E-state index in [2.05, 4.69) is 6.92 Å². The molecule has 0 bridgehead atoms. The fraction of sp³-hybridized carbons (Fsp3) is 0.600. The molecule has 0 aliphatic rings. The van der Waals surface area contributed by atoms with Crippen molar-refractivity contribution in [1.29, 1.82) is 0 Å². The average molecular weight is 270 g/mol. The molecule has 0 fully saturated rings. The molecule has 1 atom stereocenters. The molecule has 1 rings (SSSR count). The van der Waals surface area contributed by atoms with Gasteiger partial charge in [-0.25, -0.2) is 0 Å². The second-order valence-corrected chi connectivity index (χ2v) is 5.14. The number of benzene rings is 1. The van der Waals surface area contributed by atoms with Crippen molar-refractivity contribution >= 4 is 11.6 Å². The molecule has 1 unspecified atom stereocenters. The van der Waals surface area contributed by atoms with Crippen LogP contribution in [0.3, 0.4) is 0 Å². The highest BCUT2D eigenvalue weighted by atomic mass is 35.5. The van der Waals surface area contributed by atoms with Crippen LogP contribution in [0.15, 0.2) is 18.2 Å². The van der Waals surface area contributed by atoms with Crippen molar-refractivity contribution < 1.29 is 4.74 Å². The van der Waals surface area contributed by atoms with Crippen LogP contribution < -0.4 is 10.5 Å². The third kappa shape index (κ3) is 5.28. The number of hydrogen-bond donors (Lipinski definition) is 1. The molecule has 2 N–H and O–H groups in total. The molecule has 1 aromatic carbocycles. The van der Waals surface area contributed by atoms with E-state index in [1.807, 2.05) is 25.1 Å². The molecule has 0 saturated carbocycles. The minimum atomic E-state index is -0.0411. The van der Waals surface area contributed by atoms with Crippen molar-refractivity contribution in [3.8, 4) is 5.75 Å². The van der Waals surface area contributed by atoms with Gasteiger partial charge in [-0.15, -0.1) is 0 Å². The third-order valence-corrected chi connectivity index (χ3v) is 3.31. The largest absolute Gasteiger partial charge is 0.494 e. The fourth-order valence-corrected chi connectivity index (χ4v) is 2.21. The third-order valence-electron chi connectivity index (χ3n) is 2.98.